The number of β-amino-alcohol motifs (C(OH)–C–C–N with tert-alkyl or cyclic N) is 1. The van der Waals surface area contributed by atoms with E-state index in [9.17, 15) is 5.11 Å². The Bertz CT molecular complexity index is 830. The Labute approximate surface area is 134 Å². The average Bonchev–Trinajstić information content (AvgIpc) is 3.14. The first-order chi connectivity index (χ1) is 11.2. The molecule has 1 saturated heterocycles. The van der Waals surface area contributed by atoms with E-state index in [2.05, 4.69) is 38.2 Å². The first kappa shape index (κ1) is 14.2. The quantitative estimate of drug-likeness (QED) is 0.680. The number of nitrogens with one attached hydrogen (secondary N) is 1. The number of anilines is 1. The van der Waals surface area contributed by atoms with Crippen LogP contribution in [0.3, 0.4) is 0 Å². The molecule has 1 aliphatic heterocycles. The average molecular weight is 309 g/mol. The van der Waals surface area contributed by atoms with Crippen LogP contribution in [0.4, 0.5) is 5.82 Å². The van der Waals surface area contributed by atoms with Crippen LogP contribution in [0.2, 0.25) is 0 Å². The van der Waals surface area contributed by atoms with Crippen molar-refractivity contribution in [3.8, 4) is 11.1 Å². The third kappa shape index (κ3) is 2.56. The van der Waals surface area contributed by atoms with Gasteiger partial charge in [0, 0.05) is 30.9 Å². The van der Waals surface area contributed by atoms with Crippen molar-refractivity contribution in [3.63, 3.8) is 0 Å². The molecule has 0 radical (unpaired) electrons. The van der Waals surface area contributed by atoms with Gasteiger partial charge in [-0.15, -0.1) is 0 Å². The standard InChI is InChI=1S/C17H19N5O/c18-16-15-14(11-4-2-1-3-5-11)9-22(17(15)21-10-20-16)8-12-6-13(23)7-19-12/h1-5,9-10,12-13,19,23H,6-8H2,(H2,18,20,21)/t12-,13-/m1/s1. The van der Waals surface area contributed by atoms with Crippen LogP contribution in [0.1, 0.15) is 6.42 Å². The maximum atomic E-state index is 9.70. The van der Waals surface area contributed by atoms with Crippen LogP contribution >= 0.6 is 0 Å². The summed E-state index contributed by atoms with van der Waals surface area (Å²) in [4.78, 5) is 8.58. The minimum Gasteiger partial charge on any atom is -0.392 e. The summed E-state index contributed by atoms with van der Waals surface area (Å²) < 4.78 is 2.10. The van der Waals surface area contributed by atoms with Gasteiger partial charge in [0.15, 0.2) is 0 Å². The van der Waals surface area contributed by atoms with E-state index in [1.54, 1.807) is 0 Å². The Kier molecular flexibility index (Phi) is 3.48. The van der Waals surface area contributed by atoms with Gasteiger partial charge < -0.3 is 20.7 Å². The first-order valence-electron chi connectivity index (χ1n) is 7.78. The topological polar surface area (TPSA) is 89.0 Å². The van der Waals surface area contributed by atoms with Gasteiger partial charge in [-0.05, 0) is 12.0 Å². The molecule has 2 aromatic heterocycles. The van der Waals surface area contributed by atoms with Crippen molar-refractivity contribution in [2.75, 3.05) is 12.3 Å². The van der Waals surface area contributed by atoms with E-state index in [-0.39, 0.29) is 12.1 Å². The molecular weight excluding hydrogens is 290 g/mol. The molecular formula is C17H19N5O. The number of nitrogens with zero attached hydrogens (tertiary/aromatic N) is 3. The number of aromatic nitrogens is 3. The zero-order valence-corrected chi connectivity index (χ0v) is 12.7. The summed E-state index contributed by atoms with van der Waals surface area (Å²) in [5, 5.41) is 13.9. The van der Waals surface area contributed by atoms with Gasteiger partial charge in [-0.1, -0.05) is 30.3 Å². The Morgan fingerprint density at radius 3 is 2.83 bits per heavy atom. The van der Waals surface area contributed by atoms with E-state index < -0.39 is 0 Å². The highest BCUT2D eigenvalue weighted by atomic mass is 16.3. The Morgan fingerprint density at radius 2 is 2.09 bits per heavy atom. The molecule has 1 fully saturated rings. The number of hydrogen-bond donors (Lipinski definition) is 3. The Balaban J connectivity index is 1.81. The second kappa shape index (κ2) is 5.64. The smallest absolute Gasteiger partial charge is 0.146 e. The predicted octanol–water partition coefficient (Wildman–Crippen LogP) is 1.40. The maximum absolute atomic E-state index is 9.70. The number of fused-ring (bicyclic) bond motifs is 1. The zero-order valence-electron chi connectivity index (χ0n) is 12.7. The van der Waals surface area contributed by atoms with E-state index >= 15 is 0 Å². The second-order valence-corrected chi connectivity index (χ2v) is 6.01. The molecule has 0 saturated carbocycles. The first-order valence-corrected chi connectivity index (χ1v) is 7.78. The van der Waals surface area contributed by atoms with Crippen LogP contribution in [0, 0.1) is 0 Å². The van der Waals surface area contributed by atoms with Gasteiger partial charge in [-0.3, -0.25) is 0 Å². The molecule has 3 heterocycles. The molecule has 118 valence electrons. The van der Waals surface area contributed by atoms with Gasteiger partial charge in [-0.2, -0.15) is 0 Å². The molecule has 2 atom stereocenters. The van der Waals surface area contributed by atoms with Crippen LogP contribution in [0.15, 0.2) is 42.9 Å². The van der Waals surface area contributed by atoms with E-state index in [1.165, 1.54) is 6.33 Å². The van der Waals surface area contributed by atoms with Gasteiger partial charge in [0.25, 0.3) is 0 Å². The van der Waals surface area contributed by atoms with Crippen molar-refractivity contribution in [3.05, 3.63) is 42.9 Å². The van der Waals surface area contributed by atoms with Gasteiger partial charge >= 0.3 is 0 Å². The van der Waals surface area contributed by atoms with Crippen LogP contribution in [-0.4, -0.2) is 38.3 Å². The minimum absolute atomic E-state index is 0.236. The summed E-state index contributed by atoms with van der Waals surface area (Å²) in [5.74, 6) is 0.493. The molecule has 0 bridgehead atoms. The highest BCUT2D eigenvalue weighted by Gasteiger charge is 2.24. The molecule has 0 spiro atoms. The van der Waals surface area contributed by atoms with Gasteiger partial charge in [0.1, 0.15) is 17.8 Å². The monoisotopic (exact) mass is 309 g/mol. The molecule has 6 nitrogen and oxygen atoms in total. The molecule has 3 aromatic rings. The summed E-state index contributed by atoms with van der Waals surface area (Å²) >= 11 is 0. The molecule has 4 N–H and O–H groups in total. The second-order valence-electron chi connectivity index (χ2n) is 6.01. The summed E-state index contributed by atoms with van der Waals surface area (Å²) in [6.07, 6.45) is 4.06. The summed E-state index contributed by atoms with van der Waals surface area (Å²) in [7, 11) is 0. The van der Waals surface area contributed by atoms with E-state index in [0.717, 1.165) is 35.1 Å². The lowest BCUT2D eigenvalue weighted by molar-refractivity contribution is 0.192. The van der Waals surface area contributed by atoms with E-state index in [0.29, 0.717) is 12.4 Å². The number of benzene rings is 1. The van der Waals surface area contributed by atoms with Gasteiger partial charge in [0.05, 0.1) is 11.5 Å². The van der Waals surface area contributed by atoms with Crippen molar-refractivity contribution in [1.29, 1.82) is 0 Å². The Morgan fingerprint density at radius 1 is 1.26 bits per heavy atom. The lowest BCUT2D eigenvalue weighted by atomic mass is 10.1. The van der Waals surface area contributed by atoms with Crippen LogP contribution in [0.5, 0.6) is 0 Å². The van der Waals surface area contributed by atoms with E-state index in [4.69, 9.17) is 5.73 Å². The fourth-order valence-electron chi connectivity index (χ4n) is 3.30. The molecule has 1 aromatic carbocycles. The molecule has 0 aliphatic carbocycles. The zero-order chi connectivity index (χ0) is 15.8. The maximum Gasteiger partial charge on any atom is 0.146 e. The van der Waals surface area contributed by atoms with Crippen molar-refractivity contribution >= 4 is 16.9 Å². The molecule has 23 heavy (non-hydrogen) atoms. The fraction of sp³-hybridized carbons (Fsp3) is 0.294. The largest absolute Gasteiger partial charge is 0.392 e. The van der Waals surface area contributed by atoms with Crippen LogP contribution in [-0.2, 0) is 6.54 Å². The lowest BCUT2D eigenvalue weighted by Gasteiger charge is -2.11. The fourth-order valence-corrected chi connectivity index (χ4v) is 3.30. The number of rotatable bonds is 3. The summed E-state index contributed by atoms with van der Waals surface area (Å²) in [6.45, 7) is 1.39. The molecule has 0 unspecified atom stereocenters. The Hall–Kier alpha value is -2.44. The van der Waals surface area contributed by atoms with Gasteiger partial charge in [-0.25, -0.2) is 9.97 Å². The van der Waals surface area contributed by atoms with Crippen LogP contribution < -0.4 is 11.1 Å². The number of nitrogen functional groups attached to an aromatic ring is 1. The third-order valence-corrected chi connectivity index (χ3v) is 4.38. The minimum atomic E-state index is -0.268. The van der Waals surface area contributed by atoms with Crippen molar-refractivity contribution in [1.82, 2.24) is 19.9 Å². The third-order valence-electron chi connectivity index (χ3n) is 4.38. The number of aliphatic hydroxyl groups is 1. The van der Waals surface area contributed by atoms with Crippen molar-refractivity contribution < 1.29 is 5.11 Å². The molecule has 6 heteroatoms. The molecule has 1 aliphatic rings. The normalized spacial score (nSPS) is 21.1. The SMILES string of the molecule is Nc1ncnc2c1c(-c1ccccc1)cn2C[C@H]1C[C@@H](O)CN1. The number of nitrogens with two attached hydrogens (primary N) is 1. The lowest BCUT2D eigenvalue weighted by Crippen LogP contribution is -2.26. The van der Waals surface area contributed by atoms with Crippen LogP contribution in [0.25, 0.3) is 22.2 Å². The molecule has 0 amide bonds. The highest BCUT2D eigenvalue weighted by molar-refractivity contribution is 6.00. The summed E-state index contributed by atoms with van der Waals surface area (Å²) in [5.41, 5.74) is 9.08. The number of hydrogen-bond acceptors (Lipinski definition) is 5. The predicted molar refractivity (Wildman–Crippen MR) is 89.8 cm³/mol. The van der Waals surface area contributed by atoms with Crippen molar-refractivity contribution in [2.45, 2.75) is 25.1 Å². The van der Waals surface area contributed by atoms with Crippen molar-refractivity contribution in [2.24, 2.45) is 0 Å². The van der Waals surface area contributed by atoms with Gasteiger partial charge in [0.2, 0.25) is 0 Å². The number of aliphatic hydroxyl groups excluding tert-OH is 1. The summed E-state index contributed by atoms with van der Waals surface area (Å²) in [6, 6.07) is 10.4. The van der Waals surface area contributed by atoms with E-state index in [1.807, 2.05) is 18.2 Å². The molecule has 4 rings (SSSR count). The highest BCUT2D eigenvalue weighted by Crippen LogP contribution is 2.32.